The highest BCUT2D eigenvalue weighted by atomic mass is 16.6. The molecule has 0 bridgehead atoms. The van der Waals surface area contributed by atoms with Crippen molar-refractivity contribution in [2.45, 2.75) is 6.92 Å². The topological polar surface area (TPSA) is 61.4 Å². The molecule has 0 radical (unpaired) electrons. The molecule has 0 saturated heterocycles. The van der Waals surface area contributed by atoms with Crippen LogP contribution in [-0.4, -0.2) is 26.4 Å². The molecule has 0 N–H and O–H groups in total. The lowest BCUT2D eigenvalue weighted by Crippen LogP contribution is -2.24. The number of fused-ring (bicyclic) bond motifs is 3. The number of aryl methyl sites for hydroxylation is 1. The van der Waals surface area contributed by atoms with Gasteiger partial charge in [-0.3, -0.25) is 4.79 Å². The maximum atomic E-state index is 12.0. The first-order chi connectivity index (χ1) is 8.20. The molecule has 3 heterocycles. The predicted octanol–water partition coefficient (Wildman–Crippen LogP) is 0.411. The normalized spacial score (nSPS) is 11.2. The summed E-state index contributed by atoms with van der Waals surface area (Å²) in [5, 5.41) is 4.78. The van der Waals surface area contributed by atoms with E-state index < -0.39 is 0 Å². The van der Waals surface area contributed by atoms with Crippen LogP contribution < -0.4 is 10.4 Å². The fourth-order valence-corrected chi connectivity index (χ4v) is 1.86. The lowest BCUT2D eigenvalue weighted by atomic mass is 10.3. The standard InChI is InChI=1S/C11H10N4O2/c1-7-5-10-12-6-8-9(15(10)13-7)3-4-14(17-2)11(8)16/h3-6H,1-2H3. The van der Waals surface area contributed by atoms with E-state index >= 15 is 0 Å². The summed E-state index contributed by atoms with van der Waals surface area (Å²) in [6.45, 7) is 1.89. The second-order valence-electron chi connectivity index (χ2n) is 3.74. The SMILES string of the molecule is COn1ccc2c(cnc3cc(C)nn32)c1=O. The predicted molar refractivity (Wildman–Crippen MR) is 62.0 cm³/mol. The van der Waals surface area contributed by atoms with E-state index in [1.165, 1.54) is 7.11 Å². The summed E-state index contributed by atoms with van der Waals surface area (Å²) in [4.78, 5) is 21.1. The average molecular weight is 230 g/mol. The molecule has 0 aromatic carbocycles. The first-order valence-electron chi connectivity index (χ1n) is 5.12. The highest BCUT2D eigenvalue weighted by molar-refractivity contribution is 5.79. The number of rotatable bonds is 1. The summed E-state index contributed by atoms with van der Waals surface area (Å²) < 4.78 is 2.82. The maximum absolute atomic E-state index is 12.0. The summed E-state index contributed by atoms with van der Waals surface area (Å²) in [5.41, 5.74) is 2.07. The number of nitrogens with zero attached hydrogens (tertiary/aromatic N) is 4. The van der Waals surface area contributed by atoms with Crippen LogP contribution in [-0.2, 0) is 0 Å². The molecule has 0 atom stereocenters. The van der Waals surface area contributed by atoms with Gasteiger partial charge < -0.3 is 4.84 Å². The Hall–Kier alpha value is -2.37. The molecular formula is C11H10N4O2. The zero-order valence-electron chi connectivity index (χ0n) is 9.41. The van der Waals surface area contributed by atoms with E-state index in [0.717, 1.165) is 21.6 Å². The van der Waals surface area contributed by atoms with Crippen molar-refractivity contribution in [2.75, 3.05) is 7.11 Å². The van der Waals surface area contributed by atoms with Crippen molar-refractivity contribution in [3.63, 3.8) is 0 Å². The largest absolute Gasteiger partial charge is 0.414 e. The third kappa shape index (κ3) is 1.30. The molecule has 0 amide bonds. The average Bonchev–Trinajstić information content (AvgIpc) is 2.70. The van der Waals surface area contributed by atoms with Crippen molar-refractivity contribution in [1.82, 2.24) is 19.3 Å². The summed E-state index contributed by atoms with van der Waals surface area (Å²) in [5.74, 6) is 0. The number of hydrogen-bond acceptors (Lipinski definition) is 4. The van der Waals surface area contributed by atoms with Crippen LogP contribution in [0.4, 0.5) is 0 Å². The Morgan fingerprint density at radius 3 is 3.00 bits per heavy atom. The maximum Gasteiger partial charge on any atom is 0.294 e. The third-order valence-corrected chi connectivity index (χ3v) is 2.64. The van der Waals surface area contributed by atoms with Gasteiger partial charge in [-0.2, -0.15) is 9.83 Å². The smallest absolute Gasteiger partial charge is 0.294 e. The van der Waals surface area contributed by atoms with E-state index in [0.29, 0.717) is 5.39 Å². The fraction of sp³-hybridized carbons (Fsp3) is 0.182. The minimum atomic E-state index is -0.243. The molecule has 0 unspecified atom stereocenters. The third-order valence-electron chi connectivity index (χ3n) is 2.64. The Morgan fingerprint density at radius 2 is 2.24 bits per heavy atom. The highest BCUT2D eigenvalue weighted by Gasteiger charge is 2.08. The molecule has 3 aromatic rings. The Balaban J connectivity index is 2.52. The van der Waals surface area contributed by atoms with Crippen LogP contribution >= 0.6 is 0 Å². The van der Waals surface area contributed by atoms with E-state index in [2.05, 4.69) is 10.1 Å². The van der Waals surface area contributed by atoms with E-state index in [1.54, 1.807) is 23.0 Å². The van der Waals surface area contributed by atoms with Gasteiger partial charge in [-0.05, 0) is 13.0 Å². The molecule has 6 heteroatoms. The molecule has 0 saturated carbocycles. The van der Waals surface area contributed by atoms with Gasteiger partial charge in [0.2, 0.25) is 0 Å². The van der Waals surface area contributed by atoms with Crippen molar-refractivity contribution in [1.29, 1.82) is 0 Å². The van der Waals surface area contributed by atoms with Gasteiger partial charge in [0.05, 0.1) is 22.8 Å². The van der Waals surface area contributed by atoms with Gasteiger partial charge in [-0.25, -0.2) is 9.50 Å². The molecule has 17 heavy (non-hydrogen) atoms. The van der Waals surface area contributed by atoms with Crippen molar-refractivity contribution in [2.24, 2.45) is 0 Å². The monoisotopic (exact) mass is 230 g/mol. The first kappa shape index (κ1) is 9.83. The Labute approximate surface area is 96.0 Å². The van der Waals surface area contributed by atoms with Crippen LogP contribution in [0, 0.1) is 6.92 Å². The molecule has 3 rings (SSSR count). The van der Waals surface area contributed by atoms with Gasteiger partial charge in [0, 0.05) is 12.3 Å². The number of pyridine rings is 1. The van der Waals surface area contributed by atoms with Crippen LogP contribution in [0.2, 0.25) is 0 Å². The van der Waals surface area contributed by atoms with Gasteiger partial charge in [0.15, 0.2) is 5.65 Å². The Morgan fingerprint density at radius 1 is 1.41 bits per heavy atom. The second kappa shape index (κ2) is 3.31. The number of hydrogen-bond donors (Lipinski definition) is 0. The summed E-state index contributed by atoms with van der Waals surface area (Å²) >= 11 is 0. The van der Waals surface area contributed by atoms with Gasteiger partial charge >= 0.3 is 0 Å². The van der Waals surface area contributed by atoms with E-state index in [4.69, 9.17) is 4.84 Å². The fourth-order valence-electron chi connectivity index (χ4n) is 1.86. The lowest BCUT2D eigenvalue weighted by Gasteiger charge is -2.05. The Bertz CT molecular complexity index is 772. The van der Waals surface area contributed by atoms with Gasteiger partial charge in [-0.1, -0.05) is 0 Å². The Kier molecular flexibility index (Phi) is 1.91. The van der Waals surface area contributed by atoms with Crippen LogP contribution in [0.5, 0.6) is 0 Å². The molecule has 6 nitrogen and oxygen atoms in total. The number of aromatic nitrogens is 4. The zero-order chi connectivity index (χ0) is 12.0. The van der Waals surface area contributed by atoms with Gasteiger partial charge in [-0.15, -0.1) is 0 Å². The van der Waals surface area contributed by atoms with Crippen LogP contribution in [0.1, 0.15) is 5.69 Å². The molecule has 86 valence electrons. The second-order valence-corrected chi connectivity index (χ2v) is 3.74. The first-order valence-corrected chi connectivity index (χ1v) is 5.12. The molecule has 0 fully saturated rings. The molecule has 0 aliphatic carbocycles. The molecular weight excluding hydrogens is 220 g/mol. The zero-order valence-corrected chi connectivity index (χ0v) is 9.41. The van der Waals surface area contributed by atoms with Gasteiger partial charge in [0.25, 0.3) is 5.56 Å². The lowest BCUT2D eigenvalue weighted by molar-refractivity contribution is 0.158. The van der Waals surface area contributed by atoms with E-state index in [9.17, 15) is 4.79 Å². The van der Waals surface area contributed by atoms with Crippen molar-refractivity contribution >= 4 is 16.6 Å². The minimum Gasteiger partial charge on any atom is -0.414 e. The van der Waals surface area contributed by atoms with Crippen LogP contribution in [0.3, 0.4) is 0 Å². The van der Waals surface area contributed by atoms with Crippen molar-refractivity contribution < 1.29 is 4.84 Å². The van der Waals surface area contributed by atoms with Gasteiger partial charge in [0.1, 0.15) is 7.11 Å². The van der Waals surface area contributed by atoms with E-state index in [-0.39, 0.29) is 5.56 Å². The van der Waals surface area contributed by atoms with Crippen LogP contribution in [0.15, 0.2) is 29.3 Å². The molecule has 0 aliphatic rings. The summed E-state index contributed by atoms with van der Waals surface area (Å²) in [6, 6.07) is 3.64. The summed E-state index contributed by atoms with van der Waals surface area (Å²) in [6.07, 6.45) is 3.12. The van der Waals surface area contributed by atoms with Crippen molar-refractivity contribution in [3.05, 3.63) is 40.6 Å². The molecule has 0 spiro atoms. The minimum absolute atomic E-state index is 0.243. The van der Waals surface area contributed by atoms with E-state index in [1.807, 2.05) is 13.0 Å². The molecule has 0 aliphatic heterocycles. The summed E-state index contributed by atoms with van der Waals surface area (Å²) in [7, 11) is 1.44. The highest BCUT2D eigenvalue weighted by Crippen LogP contribution is 2.11. The van der Waals surface area contributed by atoms with Crippen molar-refractivity contribution in [3.8, 4) is 0 Å². The quantitative estimate of drug-likeness (QED) is 0.607. The van der Waals surface area contributed by atoms with Crippen LogP contribution in [0.25, 0.3) is 16.6 Å². The molecule has 3 aromatic heterocycles.